The van der Waals surface area contributed by atoms with Gasteiger partial charge in [-0.3, -0.25) is 4.79 Å². The Morgan fingerprint density at radius 1 is 1.00 bits per heavy atom. The molecule has 0 spiro atoms. The topological polar surface area (TPSA) is 42.0 Å². The standard InChI is InChI=1S/C23H30N2O3S/c1-16-7-6-8-20(17(16)2)24-11-13-25(14-12-24)23(26)18(3)29-19-9-10-21(27-4)22(15-19)28-5/h6-10,15,18H,11-14H2,1-5H3/t18-/m1/s1. The average molecular weight is 415 g/mol. The summed E-state index contributed by atoms with van der Waals surface area (Å²) in [6.45, 7) is 9.52. The number of carbonyl (C=O) groups is 1. The SMILES string of the molecule is COc1ccc(S[C@H](C)C(=O)N2CCN(c3cccc(C)c3C)CC2)cc1OC. The first-order chi connectivity index (χ1) is 13.9. The van der Waals surface area contributed by atoms with Crippen molar-refractivity contribution in [3.05, 3.63) is 47.5 Å². The van der Waals surface area contributed by atoms with Crippen LogP contribution in [0.4, 0.5) is 5.69 Å². The number of ether oxygens (including phenoxy) is 2. The van der Waals surface area contributed by atoms with Gasteiger partial charge in [-0.1, -0.05) is 12.1 Å². The van der Waals surface area contributed by atoms with Gasteiger partial charge >= 0.3 is 0 Å². The maximum absolute atomic E-state index is 13.0. The minimum atomic E-state index is -0.152. The molecular formula is C23H30N2O3S. The normalized spacial score (nSPS) is 15.2. The number of carbonyl (C=O) groups excluding carboxylic acids is 1. The monoisotopic (exact) mass is 414 g/mol. The number of amides is 1. The lowest BCUT2D eigenvalue weighted by molar-refractivity contribution is -0.130. The second-order valence-electron chi connectivity index (χ2n) is 7.31. The van der Waals surface area contributed by atoms with Crippen LogP contribution in [0, 0.1) is 13.8 Å². The van der Waals surface area contributed by atoms with Crippen molar-refractivity contribution in [2.24, 2.45) is 0 Å². The zero-order chi connectivity index (χ0) is 21.0. The lowest BCUT2D eigenvalue weighted by Crippen LogP contribution is -2.50. The molecule has 0 N–H and O–H groups in total. The number of aryl methyl sites for hydroxylation is 1. The number of hydrogen-bond acceptors (Lipinski definition) is 5. The van der Waals surface area contributed by atoms with Crippen LogP contribution >= 0.6 is 11.8 Å². The number of benzene rings is 2. The van der Waals surface area contributed by atoms with Gasteiger partial charge in [0.25, 0.3) is 0 Å². The van der Waals surface area contributed by atoms with Crippen LogP contribution in [0.3, 0.4) is 0 Å². The first-order valence-electron chi connectivity index (χ1n) is 9.93. The molecule has 1 aliphatic heterocycles. The quantitative estimate of drug-likeness (QED) is 0.664. The van der Waals surface area contributed by atoms with E-state index < -0.39 is 0 Å². The van der Waals surface area contributed by atoms with Gasteiger partial charge in [-0.2, -0.15) is 0 Å². The van der Waals surface area contributed by atoms with Crippen LogP contribution in [0.15, 0.2) is 41.3 Å². The number of thioether (sulfide) groups is 1. The molecule has 1 fully saturated rings. The van der Waals surface area contributed by atoms with Gasteiger partial charge in [0.05, 0.1) is 19.5 Å². The third-order valence-corrected chi connectivity index (χ3v) is 6.60. The summed E-state index contributed by atoms with van der Waals surface area (Å²) < 4.78 is 10.7. The second-order valence-corrected chi connectivity index (χ2v) is 8.72. The van der Waals surface area contributed by atoms with Gasteiger partial charge in [0, 0.05) is 36.8 Å². The van der Waals surface area contributed by atoms with Crippen molar-refractivity contribution in [2.75, 3.05) is 45.3 Å². The van der Waals surface area contributed by atoms with Crippen molar-refractivity contribution in [1.29, 1.82) is 0 Å². The highest BCUT2D eigenvalue weighted by atomic mass is 32.2. The van der Waals surface area contributed by atoms with Crippen LogP contribution in [0.5, 0.6) is 11.5 Å². The summed E-state index contributed by atoms with van der Waals surface area (Å²) in [7, 11) is 3.24. The lowest BCUT2D eigenvalue weighted by atomic mass is 10.1. The predicted octanol–water partition coefficient (Wildman–Crippen LogP) is 4.15. The highest BCUT2D eigenvalue weighted by Gasteiger charge is 2.26. The van der Waals surface area contributed by atoms with E-state index in [1.165, 1.54) is 16.8 Å². The minimum absolute atomic E-state index is 0.152. The Morgan fingerprint density at radius 2 is 1.69 bits per heavy atom. The van der Waals surface area contributed by atoms with Gasteiger partial charge in [-0.05, 0) is 56.2 Å². The molecule has 1 saturated heterocycles. The maximum Gasteiger partial charge on any atom is 0.235 e. The fraction of sp³-hybridized carbons (Fsp3) is 0.435. The first-order valence-corrected chi connectivity index (χ1v) is 10.8. The molecule has 3 rings (SSSR count). The van der Waals surface area contributed by atoms with E-state index in [1.54, 1.807) is 26.0 Å². The van der Waals surface area contributed by atoms with E-state index in [1.807, 2.05) is 30.0 Å². The van der Waals surface area contributed by atoms with Crippen molar-refractivity contribution < 1.29 is 14.3 Å². The van der Waals surface area contributed by atoms with E-state index in [0.29, 0.717) is 11.5 Å². The van der Waals surface area contributed by atoms with Gasteiger partial charge in [0.2, 0.25) is 5.91 Å². The summed E-state index contributed by atoms with van der Waals surface area (Å²) in [6, 6.07) is 12.2. The Balaban J connectivity index is 1.59. The van der Waals surface area contributed by atoms with Gasteiger partial charge in [-0.15, -0.1) is 11.8 Å². The van der Waals surface area contributed by atoms with Crippen molar-refractivity contribution in [2.45, 2.75) is 30.9 Å². The van der Waals surface area contributed by atoms with Crippen LogP contribution in [0.1, 0.15) is 18.1 Å². The van der Waals surface area contributed by atoms with Crippen molar-refractivity contribution >= 4 is 23.4 Å². The Hall–Kier alpha value is -2.34. The lowest BCUT2D eigenvalue weighted by Gasteiger charge is -2.38. The largest absolute Gasteiger partial charge is 0.493 e. The van der Waals surface area contributed by atoms with E-state index in [4.69, 9.17) is 9.47 Å². The zero-order valence-corrected chi connectivity index (χ0v) is 18.7. The summed E-state index contributed by atoms with van der Waals surface area (Å²) in [5.41, 5.74) is 3.91. The third-order valence-electron chi connectivity index (χ3n) is 5.52. The zero-order valence-electron chi connectivity index (χ0n) is 17.9. The highest BCUT2D eigenvalue weighted by molar-refractivity contribution is 8.00. The molecule has 5 nitrogen and oxygen atoms in total. The van der Waals surface area contributed by atoms with Crippen LogP contribution < -0.4 is 14.4 Å². The van der Waals surface area contributed by atoms with Gasteiger partial charge < -0.3 is 19.3 Å². The fourth-order valence-electron chi connectivity index (χ4n) is 3.65. The molecule has 156 valence electrons. The number of anilines is 1. The molecule has 0 bridgehead atoms. The van der Waals surface area contributed by atoms with Crippen LogP contribution in [0.2, 0.25) is 0 Å². The molecule has 0 aromatic heterocycles. The summed E-state index contributed by atoms with van der Waals surface area (Å²) in [5, 5.41) is -0.152. The Labute approximate surface area is 178 Å². The summed E-state index contributed by atoms with van der Waals surface area (Å²) in [6.07, 6.45) is 0. The molecule has 1 aliphatic rings. The summed E-state index contributed by atoms with van der Waals surface area (Å²) in [5.74, 6) is 1.56. The van der Waals surface area contributed by atoms with E-state index in [-0.39, 0.29) is 11.2 Å². The Morgan fingerprint density at radius 3 is 2.34 bits per heavy atom. The van der Waals surface area contributed by atoms with Crippen LogP contribution in [-0.2, 0) is 4.79 Å². The highest BCUT2D eigenvalue weighted by Crippen LogP contribution is 2.34. The molecule has 1 atom stereocenters. The molecule has 2 aromatic rings. The van der Waals surface area contributed by atoms with Crippen molar-refractivity contribution in [1.82, 2.24) is 4.90 Å². The van der Waals surface area contributed by atoms with Gasteiger partial charge in [-0.25, -0.2) is 0 Å². The molecule has 1 amide bonds. The minimum Gasteiger partial charge on any atom is -0.493 e. The number of nitrogens with zero attached hydrogens (tertiary/aromatic N) is 2. The molecule has 6 heteroatoms. The Bertz CT molecular complexity index is 863. The average Bonchev–Trinajstić information content (AvgIpc) is 2.75. The second kappa shape index (κ2) is 9.44. The number of piperazine rings is 1. The number of rotatable bonds is 6. The number of hydrogen-bond donors (Lipinski definition) is 0. The van der Waals surface area contributed by atoms with Gasteiger partial charge in [0.1, 0.15) is 0 Å². The molecule has 2 aromatic carbocycles. The first kappa shape index (κ1) is 21.4. The Kier molecular flexibility index (Phi) is 6.96. The molecular weight excluding hydrogens is 384 g/mol. The van der Waals surface area contributed by atoms with Crippen molar-refractivity contribution in [3.8, 4) is 11.5 Å². The third kappa shape index (κ3) is 4.81. The van der Waals surface area contributed by atoms with E-state index in [2.05, 4.69) is 36.9 Å². The molecule has 1 heterocycles. The van der Waals surface area contributed by atoms with Gasteiger partial charge in [0.15, 0.2) is 11.5 Å². The van der Waals surface area contributed by atoms with Crippen LogP contribution in [-0.4, -0.2) is 56.5 Å². The molecule has 29 heavy (non-hydrogen) atoms. The van der Waals surface area contributed by atoms with E-state index in [0.717, 1.165) is 31.1 Å². The van der Waals surface area contributed by atoms with E-state index in [9.17, 15) is 4.79 Å². The molecule has 0 unspecified atom stereocenters. The number of methoxy groups -OCH3 is 2. The predicted molar refractivity (Wildman–Crippen MR) is 120 cm³/mol. The summed E-state index contributed by atoms with van der Waals surface area (Å²) in [4.78, 5) is 18.3. The maximum atomic E-state index is 13.0. The van der Waals surface area contributed by atoms with E-state index >= 15 is 0 Å². The molecule has 0 radical (unpaired) electrons. The molecule has 0 aliphatic carbocycles. The molecule has 0 saturated carbocycles. The smallest absolute Gasteiger partial charge is 0.235 e. The van der Waals surface area contributed by atoms with Crippen molar-refractivity contribution in [3.63, 3.8) is 0 Å². The fourth-order valence-corrected chi connectivity index (χ4v) is 4.63. The van der Waals surface area contributed by atoms with Crippen LogP contribution in [0.25, 0.3) is 0 Å². The summed E-state index contributed by atoms with van der Waals surface area (Å²) >= 11 is 1.56.